The van der Waals surface area contributed by atoms with Crippen LogP contribution in [0.2, 0.25) is 0 Å². The molecule has 6 heteroatoms. The first-order valence-corrected chi connectivity index (χ1v) is 4.04. The van der Waals surface area contributed by atoms with Crippen LogP contribution in [0.15, 0.2) is 18.2 Å². The summed E-state index contributed by atoms with van der Waals surface area (Å²) in [6.45, 7) is -0.153. The Hall–Kier alpha value is -1.66. The van der Waals surface area contributed by atoms with Crippen LogP contribution >= 0.6 is 0 Å². The highest BCUT2D eigenvalue weighted by Gasteiger charge is 2.15. The minimum atomic E-state index is -0.494. The zero-order chi connectivity index (χ0) is 10.6. The molecule has 0 aliphatic rings. The first-order chi connectivity index (χ1) is 6.70. The molecule has 0 bridgehead atoms. The van der Waals surface area contributed by atoms with E-state index in [1.807, 2.05) is 0 Å². The van der Waals surface area contributed by atoms with Crippen LogP contribution < -0.4 is 11.3 Å². The second kappa shape index (κ2) is 4.54. The molecule has 0 atom stereocenters. The van der Waals surface area contributed by atoms with Gasteiger partial charge in [0, 0.05) is 19.1 Å². The lowest BCUT2D eigenvalue weighted by molar-refractivity contribution is -0.385. The Morgan fingerprint density at radius 2 is 2.29 bits per heavy atom. The van der Waals surface area contributed by atoms with Crippen molar-refractivity contribution >= 4 is 11.4 Å². The summed E-state index contributed by atoms with van der Waals surface area (Å²) in [5, 5.41) is 19.4. The fraction of sp³-hybridized carbons (Fsp3) is 0.250. The summed E-state index contributed by atoms with van der Waals surface area (Å²) < 4.78 is 0. The summed E-state index contributed by atoms with van der Waals surface area (Å²) in [4.78, 5) is 10.1. The summed E-state index contributed by atoms with van der Waals surface area (Å²) in [6.07, 6.45) is 0.205. The van der Waals surface area contributed by atoms with E-state index >= 15 is 0 Å². The van der Waals surface area contributed by atoms with Crippen LogP contribution in [0.4, 0.5) is 11.4 Å². The molecule has 0 saturated carbocycles. The highest BCUT2D eigenvalue weighted by molar-refractivity contribution is 5.60. The molecular weight excluding hydrogens is 186 g/mol. The average molecular weight is 197 g/mol. The van der Waals surface area contributed by atoms with Gasteiger partial charge < -0.3 is 10.5 Å². The average Bonchev–Trinajstić information content (AvgIpc) is 2.18. The lowest BCUT2D eigenvalue weighted by Crippen LogP contribution is -2.11. The van der Waals surface area contributed by atoms with Gasteiger partial charge in [-0.1, -0.05) is 6.07 Å². The van der Waals surface area contributed by atoms with Gasteiger partial charge in [-0.3, -0.25) is 16.0 Å². The number of benzene rings is 1. The fourth-order valence-electron chi connectivity index (χ4n) is 1.26. The molecule has 0 heterocycles. The van der Waals surface area contributed by atoms with Crippen LogP contribution in [0.5, 0.6) is 0 Å². The summed E-state index contributed by atoms with van der Waals surface area (Å²) in [6, 6.07) is 4.54. The third kappa shape index (κ3) is 1.98. The predicted molar refractivity (Wildman–Crippen MR) is 51.7 cm³/mol. The Morgan fingerprint density at radius 1 is 1.57 bits per heavy atom. The van der Waals surface area contributed by atoms with Crippen molar-refractivity contribution in [1.29, 1.82) is 0 Å². The van der Waals surface area contributed by atoms with Gasteiger partial charge in [0.15, 0.2) is 0 Å². The largest absolute Gasteiger partial charge is 0.396 e. The van der Waals surface area contributed by atoms with E-state index in [0.29, 0.717) is 11.3 Å². The number of aliphatic hydroxyl groups is 1. The molecule has 1 aromatic rings. The van der Waals surface area contributed by atoms with Crippen molar-refractivity contribution in [2.45, 2.75) is 6.42 Å². The Labute approximate surface area is 80.5 Å². The second-order valence-corrected chi connectivity index (χ2v) is 2.68. The number of hydrogen-bond donors (Lipinski definition) is 3. The number of nitrogens with two attached hydrogens (primary N) is 1. The smallest absolute Gasteiger partial charge is 0.274 e. The van der Waals surface area contributed by atoms with E-state index in [0.717, 1.165) is 0 Å². The van der Waals surface area contributed by atoms with Crippen molar-refractivity contribution in [3.05, 3.63) is 33.9 Å². The Kier molecular flexibility index (Phi) is 3.38. The highest BCUT2D eigenvalue weighted by Crippen LogP contribution is 2.25. The Balaban J connectivity index is 3.20. The van der Waals surface area contributed by atoms with E-state index in [1.54, 1.807) is 6.07 Å². The van der Waals surface area contributed by atoms with Crippen LogP contribution in [0.25, 0.3) is 0 Å². The lowest BCUT2D eigenvalue weighted by Gasteiger charge is -2.07. The molecule has 0 unspecified atom stereocenters. The molecule has 0 amide bonds. The number of aliphatic hydroxyl groups excluding tert-OH is 1. The van der Waals surface area contributed by atoms with Crippen molar-refractivity contribution in [2.75, 3.05) is 12.0 Å². The van der Waals surface area contributed by atoms with E-state index in [2.05, 4.69) is 5.43 Å². The molecule has 1 rings (SSSR count). The summed E-state index contributed by atoms with van der Waals surface area (Å²) in [5.74, 6) is 5.20. The van der Waals surface area contributed by atoms with Crippen molar-refractivity contribution in [2.24, 2.45) is 5.84 Å². The monoisotopic (exact) mass is 197 g/mol. The number of nitrogens with one attached hydrogen (secondary N) is 1. The molecule has 4 N–H and O–H groups in total. The normalized spacial score (nSPS) is 9.86. The third-order valence-corrected chi connectivity index (χ3v) is 1.87. The molecule has 6 nitrogen and oxygen atoms in total. The van der Waals surface area contributed by atoms with E-state index in [9.17, 15) is 10.1 Å². The second-order valence-electron chi connectivity index (χ2n) is 2.68. The van der Waals surface area contributed by atoms with Gasteiger partial charge in [-0.05, 0) is 6.07 Å². The standard InChI is InChI=1S/C8H11N3O3/c9-10-7-2-1-3-8(11(13)14)6(7)4-5-12/h1-3,10,12H,4-5,9H2. The van der Waals surface area contributed by atoms with Crippen molar-refractivity contribution < 1.29 is 10.0 Å². The summed E-state index contributed by atoms with van der Waals surface area (Å²) in [5.41, 5.74) is 3.21. The number of hydrogen-bond acceptors (Lipinski definition) is 5. The topological polar surface area (TPSA) is 101 Å². The molecule has 76 valence electrons. The number of rotatable bonds is 4. The fourth-order valence-corrected chi connectivity index (χ4v) is 1.26. The molecule has 0 radical (unpaired) electrons. The molecule has 0 spiro atoms. The highest BCUT2D eigenvalue weighted by atomic mass is 16.6. The maximum Gasteiger partial charge on any atom is 0.274 e. The third-order valence-electron chi connectivity index (χ3n) is 1.87. The molecule has 14 heavy (non-hydrogen) atoms. The lowest BCUT2D eigenvalue weighted by atomic mass is 10.1. The quantitative estimate of drug-likeness (QED) is 0.368. The Morgan fingerprint density at radius 3 is 2.79 bits per heavy atom. The molecule has 0 aliphatic heterocycles. The van der Waals surface area contributed by atoms with Gasteiger partial charge in [0.25, 0.3) is 5.69 Å². The minimum Gasteiger partial charge on any atom is -0.396 e. The number of nitrogens with zero attached hydrogens (tertiary/aromatic N) is 1. The van der Waals surface area contributed by atoms with Gasteiger partial charge in [-0.2, -0.15) is 0 Å². The van der Waals surface area contributed by atoms with Crippen LogP contribution in [-0.2, 0) is 6.42 Å². The van der Waals surface area contributed by atoms with Crippen molar-refractivity contribution in [3.63, 3.8) is 0 Å². The van der Waals surface area contributed by atoms with E-state index < -0.39 is 4.92 Å². The predicted octanol–water partition coefficient (Wildman–Crippen LogP) is 0.415. The number of nitrogen functional groups attached to an aromatic ring is 1. The molecule has 0 fully saturated rings. The first kappa shape index (κ1) is 10.4. The van der Waals surface area contributed by atoms with E-state index in [1.165, 1.54) is 12.1 Å². The van der Waals surface area contributed by atoms with Crippen molar-refractivity contribution in [1.82, 2.24) is 0 Å². The van der Waals surface area contributed by atoms with Gasteiger partial charge in [-0.15, -0.1) is 0 Å². The van der Waals surface area contributed by atoms with Crippen LogP contribution in [0.1, 0.15) is 5.56 Å². The van der Waals surface area contributed by atoms with Gasteiger partial charge >= 0.3 is 0 Å². The maximum atomic E-state index is 10.6. The maximum absolute atomic E-state index is 10.6. The van der Waals surface area contributed by atoms with Gasteiger partial charge in [-0.25, -0.2) is 0 Å². The molecule has 0 aromatic heterocycles. The van der Waals surface area contributed by atoms with Gasteiger partial charge in [0.05, 0.1) is 16.2 Å². The first-order valence-electron chi connectivity index (χ1n) is 4.04. The van der Waals surface area contributed by atoms with Crippen LogP contribution in [-0.4, -0.2) is 16.6 Å². The van der Waals surface area contributed by atoms with Gasteiger partial charge in [0.2, 0.25) is 0 Å². The zero-order valence-corrected chi connectivity index (χ0v) is 7.43. The van der Waals surface area contributed by atoms with Crippen molar-refractivity contribution in [3.8, 4) is 0 Å². The van der Waals surface area contributed by atoms with E-state index in [-0.39, 0.29) is 18.7 Å². The summed E-state index contributed by atoms with van der Waals surface area (Å²) >= 11 is 0. The molecule has 0 aliphatic carbocycles. The van der Waals surface area contributed by atoms with Crippen LogP contribution in [0, 0.1) is 10.1 Å². The number of hydrazine groups is 1. The van der Waals surface area contributed by atoms with E-state index in [4.69, 9.17) is 10.9 Å². The minimum absolute atomic E-state index is 0.0329. The zero-order valence-electron chi connectivity index (χ0n) is 7.43. The SMILES string of the molecule is NNc1cccc([N+](=O)[O-])c1CCO. The molecule has 1 aromatic carbocycles. The molecule has 0 saturated heterocycles. The summed E-state index contributed by atoms with van der Waals surface area (Å²) in [7, 11) is 0. The Bertz CT molecular complexity index is 341. The van der Waals surface area contributed by atoms with Crippen LogP contribution in [0.3, 0.4) is 0 Å². The number of nitro benzene ring substituents is 1. The number of nitro groups is 1. The number of anilines is 1. The molecular formula is C8H11N3O3. The van der Waals surface area contributed by atoms with Gasteiger partial charge in [0.1, 0.15) is 0 Å².